The fourth-order valence-electron chi connectivity index (χ4n) is 1.84. The van der Waals surface area contributed by atoms with Gasteiger partial charge in [0.05, 0.1) is 12.7 Å². The first-order chi connectivity index (χ1) is 9.56. The van der Waals surface area contributed by atoms with Crippen LogP contribution in [0.5, 0.6) is 0 Å². The summed E-state index contributed by atoms with van der Waals surface area (Å²) in [5, 5.41) is 11.7. The van der Waals surface area contributed by atoms with Crippen LogP contribution in [0.25, 0.3) is 0 Å². The van der Waals surface area contributed by atoms with Crippen molar-refractivity contribution in [2.45, 2.75) is 58.8 Å². The molecule has 0 radical (unpaired) electrons. The maximum atomic E-state index is 11.7. The number of hydrogen-bond donors (Lipinski definition) is 2. The lowest BCUT2D eigenvalue weighted by atomic mass is 9.96. The molecule has 0 aliphatic heterocycles. The van der Waals surface area contributed by atoms with E-state index in [-0.39, 0.29) is 12.0 Å². The predicted molar refractivity (Wildman–Crippen MR) is 80.2 cm³/mol. The van der Waals surface area contributed by atoms with E-state index in [2.05, 4.69) is 11.9 Å². The first-order valence-corrected chi connectivity index (χ1v) is 7.01. The van der Waals surface area contributed by atoms with Crippen LogP contribution in [0.4, 0.5) is 4.79 Å². The third-order valence-electron chi connectivity index (χ3n) is 2.71. The number of carbonyl (C=O) groups is 2. The Morgan fingerprint density at radius 2 is 1.90 bits per heavy atom. The third kappa shape index (κ3) is 9.07. The summed E-state index contributed by atoms with van der Waals surface area (Å²) in [6.45, 7) is 12.7. The minimum absolute atomic E-state index is 0.125. The summed E-state index contributed by atoms with van der Waals surface area (Å²) in [6, 6.07) is -1.02. The summed E-state index contributed by atoms with van der Waals surface area (Å²) < 4.78 is 10.5. The van der Waals surface area contributed by atoms with Crippen LogP contribution in [0.3, 0.4) is 0 Å². The van der Waals surface area contributed by atoms with Crippen LogP contribution in [0.1, 0.15) is 41.0 Å². The Bertz CT molecular complexity index is 362. The number of carboxylic acids is 1. The summed E-state index contributed by atoms with van der Waals surface area (Å²) in [5.41, 5.74) is -0.670. The highest BCUT2D eigenvalue weighted by molar-refractivity contribution is 5.80. The van der Waals surface area contributed by atoms with Crippen LogP contribution in [0.15, 0.2) is 12.7 Å². The summed E-state index contributed by atoms with van der Waals surface area (Å²) in [4.78, 5) is 23.0. The van der Waals surface area contributed by atoms with Gasteiger partial charge in [-0.2, -0.15) is 0 Å². The van der Waals surface area contributed by atoms with E-state index in [9.17, 15) is 14.7 Å². The second-order valence-electron chi connectivity index (χ2n) is 6.11. The number of nitrogens with one attached hydrogen (secondary N) is 1. The SMILES string of the molecule is C=CCO[C@@H](C)C[C@@H](C)C(NC(=O)OC(C)(C)C)C(=O)O. The highest BCUT2D eigenvalue weighted by Crippen LogP contribution is 2.15. The van der Waals surface area contributed by atoms with E-state index in [0.29, 0.717) is 13.0 Å². The van der Waals surface area contributed by atoms with E-state index in [0.717, 1.165) is 0 Å². The Hall–Kier alpha value is -1.56. The van der Waals surface area contributed by atoms with E-state index in [1.807, 2.05) is 6.92 Å². The Labute approximate surface area is 126 Å². The molecule has 6 heteroatoms. The van der Waals surface area contributed by atoms with Gasteiger partial charge >= 0.3 is 12.1 Å². The van der Waals surface area contributed by atoms with Gasteiger partial charge in [0.15, 0.2) is 0 Å². The van der Waals surface area contributed by atoms with E-state index in [1.165, 1.54) is 0 Å². The fraction of sp³-hybridized carbons (Fsp3) is 0.733. The summed E-state index contributed by atoms with van der Waals surface area (Å²) in [5.74, 6) is -1.39. The number of ether oxygens (including phenoxy) is 2. The topological polar surface area (TPSA) is 84.9 Å². The normalized spacial score (nSPS) is 15.7. The van der Waals surface area contributed by atoms with Gasteiger partial charge in [0.2, 0.25) is 0 Å². The largest absolute Gasteiger partial charge is 0.480 e. The molecule has 21 heavy (non-hydrogen) atoms. The first kappa shape index (κ1) is 19.4. The zero-order valence-corrected chi connectivity index (χ0v) is 13.5. The summed E-state index contributed by atoms with van der Waals surface area (Å²) >= 11 is 0. The zero-order valence-electron chi connectivity index (χ0n) is 13.5. The lowest BCUT2D eigenvalue weighted by Gasteiger charge is -2.26. The number of aliphatic carboxylic acids is 1. The second-order valence-corrected chi connectivity index (χ2v) is 6.11. The Kier molecular flexibility index (Phi) is 8.02. The number of rotatable bonds is 8. The molecule has 0 saturated carbocycles. The number of carbonyl (C=O) groups excluding carboxylic acids is 1. The number of amides is 1. The molecule has 3 atom stereocenters. The van der Waals surface area contributed by atoms with Gasteiger partial charge < -0.3 is 19.9 Å². The van der Waals surface area contributed by atoms with Gasteiger partial charge in [0.1, 0.15) is 11.6 Å². The van der Waals surface area contributed by atoms with E-state index < -0.39 is 23.7 Å². The van der Waals surface area contributed by atoms with Crippen LogP contribution >= 0.6 is 0 Å². The second kappa shape index (κ2) is 8.67. The molecule has 0 aromatic heterocycles. The molecule has 0 aromatic carbocycles. The number of carboxylic acid groups (broad SMARTS) is 1. The van der Waals surface area contributed by atoms with Gasteiger partial charge in [-0.25, -0.2) is 9.59 Å². The van der Waals surface area contributed by atoms with Crippen LogP contribution in [0, 0.1) is 5.92 Å². The first-order valence-electron chi connectivity index (χ1n) is 7.01. The Morgan fingerprint density at radius 1 is 1.33 bits per heavy atom. The monoisotopic (exact) mass is 301 g/mol. The Morgan fingerprint density at radius 3 is 2.33 bits per heavy atom. The van der Waals surface area contributed by atoms with Crippen molar-refractivity contribution in [2.75, 3.05) is 6.61 Å². The van der Waals surface area contributed by atoms with E-state index >= 15 is 0 Å². The van der Waals surface area contributed by atoms with Crippen molar-refractivity contribution in [2.24, 2.45) is 5.92 Å². The summed E-state index contributed by atoms with van der Waals surface area (Å²) in [7, 11) is 0. The van der Waals surface area contributed by atoms with Gasteiger partial charge in [0, 0.05) is 0 Å². The molecule has 0 rings (SSSR count). The fourth-order valence-corrected chi connectivity index (χ4v) is 1.84. The van der Waals surface area contributed by atoms with Gasteiger partial charge in [-0.3, -0.25) is 0 Å². The summed E-state index contributed by atoms with van der Waals surface area (Å²) in [6.07, 6.45) is 1.27. The zero-order chi connectivity index (χ0) is 16.6. The van der Waals surface area contributed by atoms with Gasteiger partial charge in [-0.1, -0.05) is 13.0 Å². The highest BCUT2D eigenvalue weighted by atomic mass is 16.6. The lowest BCUT2D eigenvalue weighted by molar-refractivity contribution is -0.141. The minimum atomic E-state index is -1.09. The molecule has 2 N–H and O–H groups in total. The van der Waals surface area contributed by atoms with E-state index in [1.54, 1.807) is 33.8 Å². The molecule has 0 aliphatic rings. The minimum Gasteiger partial charge on any atom is -0.480 e. The molecule has 6 nitrogen and oxygen atoms in total. The number of alkyl carbamates (subject to hydrolysis) is 1. The van der Waals surface area contributed by atoms with Gasteiger partial charge in [-0.05, 0) is 40.0 Å². The third-order valence-corrected chi connectivity index (χ3v) is 2.71. The smallest absolute Gasteiger partial charge is 0.408 e. The Balaban J connectivity index is 4.56. The van der Waals surface area contributed by atoms with Crippen LogP contribution in [-0.4, -0.2) is 41.5 Å². The lowest BCUT2D eigenvalue weighted by Crippen LogP contribution is -2.47. The van der Waals surface area contributed by atoms with Crippen LogP contribution in [-0.2, 0) is 14.3 Å². The van der Waals surface area contributed by atoms with Crippen molar-refractivity contribution < 1.29 is 24.2 Å². The molecule has 1 amide bonds. The van der Waals surface area contributed by atoms with Crippen molar-refractivity contribution >= 4 is 12.1 Å². The molecular weight excluding hydrogens is 274 g/mol. The molecule has 0 bridgehead atoms. The van der Waals surface area contributed by atoms with Crippen LogP contribution < -0.4 is 5.32 Å². The molecule has 0 heterocycles. The molecule has 0 aliphatic carbocycles. The van der Waals surface area contributed by atoms with Crippen molar-refractivity contribution in [1.82, 2.24) is 5.32 Å². The van der Waals surface area contributed by atoms with Gasteiger partial charge in [0.25, 0.3) is 0 Å². The molecule has 0 aromatic rings. The van der Waals surface area contributed by atoms with E-state index in [4.69, 9.17) is 9.47 Å². The molecular formula is C15H27NO5. The van der Waals surface area contributed by atoms with Crippen molar-refractivity contribution in [1.29, 1.82) is 0 Å². The van der Waals surface area contributed by atoms with Crippen molar-refractivity contribution in [3.05, 3.63) is 12.7 Å². The maximum absolute atomic E-state index is 11.7. The quantitative estimate of drug-likeness (QED) is 0.673. The number of hydrogen-bond acceptors (Lipinski definition) is 4. The molecule has 122 valence electrons. The molecule has 0 spiro atoms. The average molecular weight is 301 g/mol. The molecule has 0 saturated heterocycles. The van der Waals surface area contributed by atoms with Crippen LogP contribution in [0.2, 0.25) is 0 Å². The highest BCUT2D eigenvalue weighted by Gasteiger charge is 2.29. The van der Waals surface area contributed by atoms with Crippen molar-refractivity contribution in [3.8, 4) is 0 Å². The molecule has 1 unspecified atom stereocenters. The average Bonchev–Trinajstić information content (AvgIpc) is 2.30. The molecule has 0 fully saturated rings. The van der Waals surface area contributed by atoms with Crippen molar-refractivity contribution in [3.63, 3.8) is 0 Å². The standard InChI is InChI=1S/C15H27NO5/c1-7-8-20-11(3)9-10(2)12(13(17)18)16-14(19)21-15(4,5)6/h7,10-12H,1,8-9H2,2-6H3,(H,16,19)(H,17,18)/t10-,11+,12?/m1/s1. The predicted octanol–water partition coefficient (Wildman–Crippen LogP) is 2.58. The van der Waals surface area contributed by atoms with Gasteiger partial charge in [-0.15, -0.1) is 6.58 Å². The maximum Gasteiger partial charge on any atom is 0.408 e.